The van der Waals surface area contributed by atoms with Crippen molar-refractivity contribution < 1.29 is 80.2 Å². The third-order valence-electron chi connectivity index (χ3n) is 15.6. The predicted octanol–water partition coefficient (Wildman–Crippen LogP) is 18.4. The van der Waals surface area contributed by atoms with Crippen molar-refractivity contribution >= 4 is 39.5 Å². The molecular weight excluding hydrogens is 1130 g/mol. The molecule has 0 aromatic rings. The fourth-order valence-corrected chi connectivity index (χ4v) is 11.4. The highest BCUT2D eigenvalue weighted by molar-refractivity contribution is 7.47. The van der Waals surface area contributed by atoms with E-state index in [2.05, 4.69) is 41.5 Å². The van der Waals surface area contributed by atoms with Crippen molar-refractivity contribution in [2.24, 2.45) is 11.8 Å². The Bertz CT molecular complexity index is 1670. The minimum Gasteiger partial charge on any atom is -0.462 e. The van der Waals surface area contributed by atoms with E-state index in [9.17, 15) is 43.2 Å². The molecule has 0 saturated heterocycles. The van der Waals surface area contributed by atoms with Gasteiger partial charge in [0.25, 0.3) is 0 Å². The van der Waals surface area contributed by atoms with Gasteiger partial charge in [-0.15, -0.1) is 0 Å². The molecule has 0 aliphatic heterocycles. The maximum absolute atomic E-state index is 13.0. The van der Waals surface area contributed by atoms with E-state index in [0.29, 0.717) is 25.7 Å². The average molecular weight is 1260 g/mol. The lowest BCUT2D eigenvalue weighted by Gasteiger charge is -2.21. The maximum atomic E-state index is 13.0. The largest absolute Gasteiger partial charge is 0.472 e. The van der Waals surface area contributed by atoms with Crippen LogP contribution in [0.5, 0.6) is 0 Å². The number of rotatable bonds is 65. The van der Waals surface area contributed by atoms with E-state index in [0.717, 1.165) is 115 Å². The molecule has 6 atom stereocenters. The quantitative estimate of drug-likeness (QED) is 0.0222. The van der Waals surface area contributed by atoms with E-state index in [-0.39, 0.29) is 25.7 Å². The number of aliphatic hydroxyl groups excluding tert-OH is 1. The van der Waals surface area contributed by atoms with Gasteiger partial charge < -0.3 is 33.8 Å². The highest BCUT2D eigenvalue weighted by Crippen LogP contribution is 2.45. The topological polar surface area (TPSA) is 237 Å². The number of ether oxygens (including phenoxy) is 4. The molecule has 0 aliphatic carbocycles. The third kappa shape index (κ3) is 59.5. The van der Waals surface area contributed by atoms with Gasteiger partial charge in [0.1, 0.15) is 19.3 Å². The second kappa shape index (κ2) is 58.4. The lowest BCUT2D eigenvalue weighted by atomic mass is 10.00. The summed E-state index contributed by atoms with van der Waals surface area (Å²) < 4.78 is 68.0. The Labute approximate surface area is 517 Å². The molecule has 0 heterocycles. The van der Waals surface area contributed by atoms with Crippen LogP contribution in [0, 0.1) is 11.8 Å². The molecule has 0 amide bonds. The monoisotopic (exact) mass is 1250 g/mol. The van der Waals surface area contributed by atoms with E-state index < -0.39 is 97.5 Å². The number of aliphatic hydroxyl groups is 1. The zero-order valence-electron chi connectivity index (χ0n) is 54.9. The molecule has 504 valence electrons. The molecular formula is C66H128O17P2. The van der Waals surface area contributed by atoms with Crippen molar-refractivity contribution in [3.63, 3.8) is 0 Å². The van der Waals surface area contributed by atoms with Gasteiger partial charge in [0.2, 0.25) is 0 Å². The molecule has 3 unspecified atom stereocenters. The van der Waals surface area contributed by atoms with Gasteiger partial charge >= 0.3 is 39.5 Å². The first-order valence-electron chi connectivity index (χ1n) is 34.5. The summed E-state index contributed by atoms with van der Waals surface area (Å²) in [5.74, 6) is -0.602. The Kier molecular flexibility index (Phi) is 57.1. The maximum Gasteiger partial charge on any atom is 0.472 e. The van der Waals surface area contributed by atoms with Crippen LogP contribution in [-0.2, 0) is 65.4 Å². The van der Waals surface area contributed by atoms with E-state index in [4.69, 9.17) is 37.0 Å². The molecule has 3 N–H and O–H groups in total. The summed E-state index contributed by atoms with van der Waals surface area (Å²) in [4.78, 5) is 72.2. The molecule has 0 saturated carbocycles. The van der Waals surface area contributed by atoms with Crippen molar-refractivity contribution in [3.8, 4) is 0 Å². The van der Waals surface area contributed by atoms with Crippen LogP contribution in [0.2, 0.25) is 0 Å². The third-order valence-corrected chi connectivity index (χ3v) is 17.5. The van der Waals surface area contributed by atoms with Gasteiger partial charge in [0, 0.05) is 25.7 Å². The molecule has 0 aromatic carbocycles. The Balaban J connectivity index is 5.17. The van der Waals surface area contributed by atoms with Crippen LogP contribution in [0.1, 0.15) is 330 Å². The summed E-state index contributed by atoms with van der Waals surface area (Å²) in [5.41, 5.74) is 0. The molecule has 0 fully saturated rings. The van der Waals surface area contributed by atoms with Crippen LogP contribution in [0.25, 0.3) is 0 Å². The summed E-state index contributed by atoms with van der Waals surface area (Å²) in [5, 5.41) is 10.5. The van der Waals surface area contributed by atoms with Crippen LogP contribution in [0.3, 0.4) is 0 Å². The lowest BCUT2D eigenvalue weighted by Crippen LogP contribution is -2.30. The summed E-state index contributed by atoms with van der Waals surface area (Å²) in [6.45, 7) is 9.46. The standard InChI is InChI=1S/C66H128O17P2/c1-7-10-12-14-16-25-30-38-44-50-65(70)82-61(54-76-63(68)48-42-36-29-17-15-13-11-8-2)56-80-84(72,73)78-52-60(67)53-79-85(74,75)81-57-62(55-77-64(69)49-43-37-33-32-35-41-47-59(6)9-3)83-66(71)51-45-39-31-27-24-22-20-18-19-21-23-26-28-34-40-46-58(4)5/h58-62,67H,7-57H2,1-6H3,(H,72,73)(H,74,75)/t59?,60-,61+,62+/m0/s1. The van der Waals surface area contributed by atoms with E-state index in [1.54, 1.807) is 0 Å². The van der Waals surface area contributed by atoms with Gasteiger partial charge in [-0.2, -0.15) is 0 Å². The van der Waals surface area contributed by atoms with Crippen LogP contribution in [0.4, 0.5) is 0 Å². The highest BCUT2D eigenvalue weighted by Gasteiger charge is 2.30. The molecule has 0 rings (SSSR count). The van der Waals surface area contributed by atoms with E-state index >= 15 is 0 Å². The van der Waals surface area contributed by atoms with Crippen LogP contribution in [0.15, 0.2) is 0 Å². The van der Waals surface area contributed by atoms with E-state index in [1.165, 1.54) is 135 Å². The Morgan fingerprint density at radius 2 is 0.600 bits per heavy atom. The number of unbranched alkanes of at least 4 members (excludes halogenated alkanes) is 34. The van der Waals surface area contributed by atoms with Gasteiger partial charge in [0.05, 0.1) is 26.4 Å². The summed E-state index contributed by atoms with van der Waals surface area (Å²) in [6.07, 6.45) is 41.8. The van der Waals surface area contributed by atoms with Gasteiger partial charge in [-0.25, -0.2) is 9.13 Å². The molecule has 0 bridgehead atoms. The average Bonchev–Trinajstić information content (AvgIpc) is 3.55. The fourth-order valence-electron chi connectivity index (χ4n) is 9.85. The first-order chi connectivity index (χ1) is 40.9. The Hall–Kier alpha value is -1.94. The first kappa shape index (κ1) is 83.1. The van der Waals surface area contributed by atoms with Crippen LogP contribution >= 0.6 is 15.6 Å². The lowest BCUT2D eigenvalue weighted by molar-refractivity contribution is -0.161. The Morgan fingerprint density at radius 3 is 0.894 bits per heavy atom. The zero-order chi connectivity index (χ0) is 62.9. The number of carbonyl (C=O) groups excluding carboxylic acids is 4. The van der Waals surface area contributed by atoms with Crippen molar-refractivity contribution in [1.29, 1.82) is 0 Å². The normalized spacial score (nSPS) is 14.6. The molecule has 19 heteroatoms. The molecule has 85 heavy (non-hydrogen) atoms. The van der Waals surface area contributed by atoms with Gasteiger partial charge in [0.15, 0.2) is 12.2 Å². The van der Waals surface area contributed by atoms with Crippen molar-refractivity contribution in [3.05, 3.63) is 0 Å². The number of esters is 4. The second-order valence-electron chi connectivity index (χ2n) is 24.6. The van der Waals surface area contributed by atoms with Crippen molar-refractivity contribution in [1.82, 2.24) is 0 Å². The summed E-state index contributed by atoms with van der Waals surface area (Å²) in [6, 6.07) is 0. The number of hydrogen-bond donors (Lipinski definition) is 3. The molecule has 0 spiro atoms. The number of hydrogen-bond acceptors (Lipinski definition) is 15. The first-order valence-corrected chi connectivity index (χ1v) is 37.5. The zero-order valence-corrected chi connectivity index (χ0v) is 56.7. The van der Waals surface area contributed by atoms with Gasteiger partial charge in [-0.05, 0) is 37.5 Å². The smallest absolute Gasteiger partial charge is 0.462 e. The fraction of sp³-hybridized carbons (Fsp3) is 0.939. The molecule has 0 aliphatic rings. The SMILES string of the molecule is CCCCCCCCCCCC(=O)O[C@H](COC(=O)CCCCCCCCCC)COP(=O)(O)OC[C@H](O)COP(=O)(O)OC[C@@H](COC(=O)CCCCCCCCC(C)CC)OC(=O)CCCCCCCCCCCCCCCCCC(C)C. The number of phosphoric ester groups is 2. The highest BCUT2D eigenvalue weighted by atomic mass is 31.2. The summed E-state index contributed by atoms with van der Waals surface area (Å²) in [7, 11) is -9.88. The minimum absolute atomic E-state index is 0.105. The second-order valence-corrected chi connectivity index (χ2v) is 27.5. The minimum atomic E-state index is -4.95. The molecule has 17 nitrogen and oxygen atoms in total. The van der Waals surface area contributed by atoms with E-state index in [1.807, 2.05) is 0 Å². The number of carbonyl (C=O) groups is 4. The van der Waals surface area contributed by atoms with Gasteiger partial charge in [-0.1, -0.05) is 279 Å². The summed E-state index contributed by atoms with van der Waals surface area (Å²) >= 11 is 0. The van der Waals surface area contributed by atoms with Crippen LogP contribution < -0.4 is 0 Å². The molecule has 0 aromatic heterocycles. The Morgan fingerprint density at radius 1 is 0.341 bits per heavy atom. The van der Waals surface area contributed by atoms with Crippen molar-refractivity contribution in [2.45, 2.75) is 349 Å². The number of phosphoric acid groups is 2. The molecule has 0 radical (unpaired) electrons. The van der Waals surface area contributed by atoms with Gasteiger partial charge in [-0.3, -0.25) is 37.3 Å². The predicted molar refractivity (Wildman–Crippen MR) is 340 cm³/mol. The van der Waals surface area contributed by atoms with Crippen molar-refractivity contribution in [2.75, 3.05) is 39.6 Å². The van der Waals surface area contributed by atoms with Crippen LogP contribution in [-0.4, -0.2) is 96.7 Å².